The minimum absolute atomic E-state index is 0. The smallest absolute Gasteiger partial charge is 0.324 e. The van der Waals surface area contributed by atoms with Crippen LogP contribution in [-0.2, 0) is 6.18 Å². The van der Waals surface area contributed by atoms with Gasteiger partial charge in [0.1, 0.15) is 0 Å². The summed E-state index contributed by atoms with van der Waals surface area (Å²) in [7, 11) is 0. The van der Waals surface area contributed by atoms with Gasteiger partial charge in [-0.3, -0.25) is 0 Å². The average Bonchev–Trinajstić information content (AvgIpc) is 2.24. The molecule has 0 aliphatic carbocycles. The fraction of sp³-hybridized carbons (Fsp3) is 0.500. The molecule has 1 aromatic rings. The zero-order valence-electron chi connectivity index (χ0n) is 9.93. The summed E-state index contributed by atoms with van der Waals surface area (Å²) in [6.07, 6.45) is -1.98. The number of hydrogen-bond donors (Lipinski definition) is 1. The Morgan fingerprint density at radius 1 is 1.33 bits per heavy atom. The molecule has 1 atom stereocenters. The molecule has 0 saturated heterocycles. The summed E-state index contributed by atoms with van der Waals surface area (Å²) in [4.78, 5) is 0. The van der Waals surface area contributed by atoms with Crippen LogP contribution >= 0.6 is 24.0 Å². The Bertz CT molecular complexity index is 380. The van der Waals surface area contributed by atoms with Crippen molar-refractivity contribution < 1.29 is 13.2 Å². The standard InChI is InChI=1S/C12H15ClF3N.ClH/c1-2-3-7-10(17)8-5-4-6-9(11(8)13)12(14,15)16;/h4-6,10H,2-3,7,17H2,1H3;1H/t10-;/m0./s1. The van der Waals surface area contributed by atoms with Gasteiger partial charge in [-0.25, -0.2) is 0 Å². The van der Waals surface area contributed by atoms with E-state index >= 15 is 0 Å². The molecular weight excluding hydrogens is 286 g/mol. The van der Waals surface area contributed by atoms with Crippen LogP contribution < -0.4 is 5.73 Å². The van der Waals surface area contributed by atoms with Crippen molar-refractivity contribution in [3.8, 4) is 0 Å². The molecule has 0 fully saturated rings. The third kappa shape index (κ3) is 4.34. The zero-order valence-corrected chi connectivity index (χ0v) is 11.5. The summed E-state index contributed by atoms with van der Waals surface area (Å²) in [5.74, 6) is 0. The number of unbranched alkanes of at least 4 members (excludes halogenated alkanes) is 1. The van der Waals surface area contributed by atoms with Gasteiger partial charge in [-0.1, -0.05) is 43.5 Å². The van der Waals surface area contributed by atoms with E-state index in [9.17, 15) is 13.2 Å². The van der Waals surface area contributed by atoms with Crippen LogP contribution in [-0.4, -0.2) is 0 Å². The number of rotatable bonds is 4. The predicted molar refractivity (Wildman–Crippen MR) is 70.2 cm³/mol. The highest BCUT2D eigenvalue weighted by Gasteiger charge is 2.34. The average molecular weight is 302 g/mol. The number of halogens is 5. The van der Waals surface area contributed by atoms with Crippen molar-refractivity contribution in [1.29, 1.82) is 0 Å². The highest BCUT2D eigenvalue weighted by Crippen LogP contribution is 2.38. The predicted octanol–water partition coefficient (Wildman–Crippen LogP) is 4.97. The lowest BCUT2D eigenvalue weighted by Gasteiger charge is -2.17. The minimum atomic E-state index is -4.43. The number of alkyl halides is 3. The number of benzene rings is 1. The van der Waals surface area contributed by atoms with E-state index in [1.54, 1.807) is 6.07 Å². The van der Waals surface area contributed by atoms with Crippen molar-refractivity contribution in [3.63, 3.8) is 0 Å². The van der Waals surface area contributed by atoms with Crippen LogP contribution in [0.5, 0.6) is 0 Å². The largest absolute Gasteiger partial charge is 0.417 e. The lowest BCUT2D eigenvalue weighted by atomic mass is 9.99. The van der Waals surface area contributed by atoms with Gasteiger partial charge in [0.05, 0.1) is 10.6 Å². The van der Waals surface area contributed by atoms with E-state index in [0.29, 0.717) is 12.0 Å². The maximum Gasteiger partial charge on any atom is 0.417 e. The SMILES string of the molecule is CCCC[C@H](N)c1cccc(C(F)(F)F)c1Cl.Cl. The molecule has 0 amide bonds. The van der Waals surface area contributed by atoms with Crippen molar-refractivity contribution in [3.05, 3.63) is 34.3 Å². The van der Waals surface area contributed by atoms with Gasteiger partial charge >= 0.3 is 6.18 Å². The maximum absolute atomic E-state index is 12.6. The van der Waals surface area contributed by atoms with Crippen LogP contribution in [0.1, 0.15) is 43.4 Å². The van der Waals surface area contributed by atoms with E-state index in [1.807, 2.05) is 6.92 Å². The second kappa shape index (κ2) is 7.22. The van der Waals surface area contributed by atoms with Crippen molar-refractivity contribution in [2.45, 2.75) is 38.4 Å². The van der Waals surface area contributed by atoms with E-state index in [4.69, 9.17) is 17.3 Å². The van der Waals surface area contributed by atoms with Gasteiger partial charge in [0.15, 0.2) is 0 Å². The topological polar surface area (TPSA) is 26.0 Å². The first kappa shape index (κ1) is 17.6. The van der Waals surface area contributed by atoms with Crippen LogP contribution in [0.25, 0.3) is 0 Å². The van der Waals surface area contributed by atoms with Crippen molar-refractivity contribution in [2.24, 2.45) is 5.73 Å². The Balaban J connectivity index is 0.00000289. The molecular formula is C12H16Cl2F3N. The number of hydrogen-bond acceptors (Lipinski definition) is 1. The van der Waals surface area contributed by atoms with Crippen LogP contribution in [0.4, 0.5) is 13.2 Å². The normalized spacial score (nSPS) is 13.0. The van der Waals surface area contributed by atoms with Gasteiger partial charge in [0, 0.05) is 6.04 Å². The first-order valence-electron chi connectivity index (χ1n) is 5.49. The van der Waals surface area contributed by atoms with Gasteiger partial charge in [-0.2, -0.15) is 13.2 Å². The molecule has 1 nitrogen and oxygen atoms in total. The van der Waals surface area contributed by atoms with Crippen molar-refractivity contribution in [2.75, 3.05) is 0 Å². The van der Waals surface area contributed by atoms with Gasteiger partial charge in [0.2, 0.25) is 0 Å². The molecule has 104 valence electrons. The summed E-state index contributed by atoms with van der Waals surface area (Å²) < 4.78 is 37.9. The molecule has 0 radical (unpaired) electrons. The lowest BCUT2D eigenvalue weighted by Crippen LogP contribution is -2.14. The molecule has 6 heteroatoms. The van der Waals surface area contributed by atoms with E-state index in [0.717, 1.165) is 18.9 Å². The molecule has 2 N–H and O–H groups in total. The van der Waals surface area contributed by atoms with E-state index in [2.05, 4.69) is 0 Å². The molecule has 0 aliphatic rings. The Morgan fingerprint density at radius 3 is 2.44 bits per heavy atom. The Labute approximate surface area is 116 Å². The van der Waals surface area contributed by atoms with E-state index in [-0.39, 0.29) is 17.4 Å². The van der Waals surface area contributed by atoms with Crippen molar-refractivity contribution >= 4 is 24.0 Å². The monoisotopic (exact) mass is 301 g/mol. The van der Waals surface area contributed by atoms with Gasteiger partial charge in [-0.05, 0) is 18.1 Å². The van der Waals surface area contributed by atoms with Gasteiger partial charge < -0.3 is 5.73 Å². The van der Waals surface area contributed by atoms with Gasteiger partial charge in [-0.15, -0.1) is 12.4 Å². The molecule has 1 aromatic carbocycles. The summed E-state index contributed by atoms with van der Waals surface area (Å²) in [6.45, 7) is 2.00. The molecule has 0 saturated carbocycles. The fourth-order valence-electron chi connectivity index (χ4n) is 1.63. The maximum atomic E-state index is 12.6. The van der Waals surface area contributed by atoms with Crippen LogP contribution in [0, 0.1) is 0 Å². The summed E-state index contributed by atoms with van der Waals surface area (Å²) in [6, 6.07) is 3.43. The second-order valence-corrected chi connectivity index (χ2v) is 4.33. The van der Waals surface area contributed by atoms with Gasteiger partial charge in [0.25, 0.3) is 0 Å². The van der Waals surface area contributed by atoms with E-state index < -0.39 is 17.8 Å². The van der Waals surface area contributed by atoms with Crippen molar-refractivity contribution in [1.82, 2.24) is 0 Å². The second-order valence-electron chi connectivity index (χ2n) is 3.96. The highest BCUT2D eigenvalue weighted by molar-refractivity contribution is 6.32. The lowest BCUT2D eigenvalue weighted by molar-refractivity contribution is -0.137. The first-order valence-corrected chi connectivity index (χ1v) is 5.87. The molecule has 0 heterocycles. The molecule has 18 heavy (non-hydrogen) atoms. The summed E-state index contributed by atoms with van der Waals surface area (Å²) in [5.41, 5.74) is 5.40. The molecule has 1 rings (SSSR count). The quantitative estimate of drug-likeness (QED) is 0.835. The summed E-state index contributed by atoms with van der Waals surface area (Å²) in [5, 5.41) is -0.274. The third-order valence-electron chi connectivity index (χ3n) is 2.60. The van der Waals surface area contributed by atoms with Crippen LogP contribution in [0.15, 0.2) is 18.2 Å². The third-order valence-corrected chi connectivity index (χ3v) is 3.02. The first-order chi connectivity index (χ1) is 7.88. The Morgan fingerprint density at radius 2 is 1.94 bits per heavy atom. The Hall–Kier alpha value is -0.450. The molecule has 0 spiro atoms. The molecule has 0 aliphatic heterocycles. The fourth-order valence-corrected chi connectivity index (χ4v) is 2.01. The summed E-state index contributed by atoms with van der Waals surface area (Å²) >= 11 is 5.77. The zero-order chi connectivity index (χ0) is 13.1. The van der Waals surface area contributed by atoms with Crippen LogP contribution in [0.3, 0.4) is 0 Å². The Kier molecular flexibility index (Phi) is 7.04. The highest BCUT2D eigenvalue weighted by atomic mass is 35.5. The molecule has 0 aromatic heterocycles. The van der Waals surface area contributed by atoms with E-state index in [1.165, 1.54) is 6.07 Å². The van der Waals surface area contributed by atoms with Crippen LogP contribution in [0.2, 0.25) is 5.02 Å². The minimum Gasteiger partial charge on any atom is -0.324 e. The number of nitrogens with two attached hydrogens (primary N) is 1. The molecule has 0 bridgehead atoms. The molecule has 0 unspecified atom stereocenters.